The van der Waals surface area contributed by atoms with Crippen molar-refractivity contribution in [1.82, 2.24) is 4.98 Å². The van der Waals surface area contributed by atoms with Crippen molar-refractivity contribution >= 4 is 0 Å². The van der Waals surface area contributed by atoms with E-state index in [0.29, 0.717) is 5.69 Å². The van der Waals surface area contributed by atoms with E-state index in [1.807, 2.05) is 20.0 Å². The Morgan fingerprint density at radius 2 is 2.22 bits per heavy atom. The molecule has 1 rings (SSSR count). The number of nitriles is 1. The van der Waals surface area contributed by atoms with E-state index in [2.05, 4.69) is 11.1 Å². The van der Waals surface area contributed by atoms with Crippen LogP contribution < -0.4 is 0 Å². The highest BCUT2D eigenvalue weighted by Crippen LogP contribution is 2.08. The van der Waals surface area contributed by atoms with Gasteiger partial charge in [-0.05, 0) is 25.0 Å². The summed E-state index contributed by atoms with van der Waals surface area (Å²) in [6.45, 7) is 3.91. The van der Waals surface area contributed by atoms with Gasteiger partial charge in [-0.3, -0.25) is 0 Å². The Kier molecular flexibility index (Phi) is 1.27. The quantitative estimate of drug-likeness (QED) is 0.553. The monoisotopic (exact) mass is 120 g/mol. The van der Waals surface area contributed by atoms with Crippen LogP contribution in [0.4, 0.5) is 0 Å². The summed E-state index contributed by atoms with van der Waals surface area (Å²) in [5.74, 6) is 0. The van der Waals surface area contributed by atoms with E-state index in [0.717, 1.165) is 11.1 Å². The number of hydrogen-bond acceptors (Lipinski definition) is 1. The van der Waals surface area contributed by atoms with E-state index in [-0.39, 0.29) is 0 Å². The number of nitrogens with one attached hydrogen (secondary N) is 1. The van der Waals surface area contributed by atoms with Crippen LogP contribution in [0.1, 0.15) is 16.8 Å². The van der Waals surface area contributed by atoms with Crippen LogP contribution in [0.25, 0.3) is 0 Å². The summed E-state index contributed by atoms with van der Waals surface area (Å²) in [4.78, 5) is 2.86. The molecule has 0 amide bonds. The molecule has 0 aliphatic carbocycles. The fourth-order valence-corrected chi connectivity index (χ4v) is 0.710. The van der Waals surface area contributed by atoms with Gasteiger partial charge in [-0.25, -0.2) is 0 Å². The van der Waals surface area contributed by atoms with Crippen LogP contribution in [0.5, 0.6) is 0 Å². The number of hydrogen-bond donors (Lipinski definition) is 1. The maximum Gasteiger partial charge on any atom is 0.120 e. The Bertz CT molecular complexity index is 252. The first-order valence-electron chi connectivity index (χ1n) is 2.80. The fourth-order valence-electron chi connectivity index (χ4n) is 0.710. The Morgan fingerprint density at radius 3 is 2.44 bits per heavy atom. The summed E-state index contributed by atoms with van der Waals surface area (Å²) in [5, 5.41) is 8.45. The number of aromatic nitrogens is 1. The van der Waals surface area contributed by atoms with Gasteiger partial charge in [0.15, 0.2) is 0 Å². The van der Waals surface area contributed by atoms with E-state index < -0.39 is 0 Å². The molecule has 0 aliphatic rings. The van der Waals surface area contributed by atoms with Gasteiger partial charge < -0.3 is 4.98 Å². The van der Waals surface area contributed by atoms with Crippen LogP contribution in [0.2, 0.25) is 0 Å². The lowest BCUT2D eigenvalue weighted by Gasteiger charge is -1.84. The second-order valence-corrected chi connectivity index (χ2v) is 2.08. The van der Waals surface area contributed by atoms with Crippen molar-refractivity contribution in [1.29, 1.82) is 5.26 Å². The molecular formula is C7H8N2. The van der Waals surface area contributed by atoms with E-state index in [1.54, 1.807) is 0 Å². The lowest BCUT2D eigenvalue weighted by Crippen LogP contribution is -1.75. The Morgan fingerprint density at radius 1 is 1.56 bits per heavy atom. The molecule has 0 saturated heterocycles. The molecule has 2 heteroatoms. The summed E-state index contributed by atoms with van der Waals surface area (Å²) in [6, 6.07) is 2.06. The molecule has 0 atom stereocenters. The van der Waals surface area contributed by atoms with E-state index in [1.165, 1.54) is 0 Å². The smallest absolute Gasteiger partial charge is 0.120 e. The third kappa shape index (κ3) is 0.812. The molecule has 0 unspecified atom stereocenters. The van der Waals surface area contributed by atoms with Crippen LogP contribution in [-0.4, -0.2) is 4.98 Å². The van der Waals surface area contributed by atoms with Gasteiger partial charge in [0.05, 0.1) is 0 Å². The SMILES string of the molecule is Cc1c[nH]c(C#N)c1C. The Labute approximate surface area is 54.1 Å². The topological polar surface area (TPSA) is 39.6 Å². The lowest BCUT2D eigenvalue weighted by atomic mass is 10.2. The molecule has 0 aromatic carbocycles. The molecule has 2 nitrogen and oxygen atoms in total. The van der Waals surface area contributed by atoms with E-state index in [9.17, 15) is 0 Å². The molecule has 1 N–H and O–H groups in total. The normalized spacial score (nSPS) is 9.00. The summed E-state index contributed by atoms with van der Waals surface area (Å²) >= 11 is 0. The first-order valence-corrected chi connectivity index (χ1v) is 2.80. The van der Waals surface area contributed by atoms with Gasteiger partial charge in [-0.15, -0.1) is 0 Å². The highest BCUT2D eigenvalue weighted by Gasteiger charge is 1.99. The predicted octanol–water partition coefficient (Wildman–Crippen LogP) is 1.50. The molecular weight excluding hydrogens is 112 g/mol. The van der Waals surface area contributed by atoms with Crippen molar-refractivity contribution in [2.24, 2.45) is 0 Å². The van der Waals surface area contributed by atoms with Crippen molar-refractivity contribution in [2.45, 2.75) is 13.8 Å². The largest absolute Gasteiger partial charge is 0.353 e. The van der Waals surface area contributed by atoms with Gasteiger partial charge in [0.2, 0.25) is 0 Å². The van der Waals surface area contributed by atoms with Crippen molar-refractivity contribution in [2.75, 3.05) is 0 Å². The minimum atomic E-state index is 0.674. The third-order valence-corrected chi connectivity index (χ3v) is 1.51. The molecule has 0 saturated carbocycles. The summed E-state index contributed by atoms with van der Waals surface area (Å²) < 4.78 is 0. The first kappa shape index (κ1) is 5.90. The van der Waals surface area contributed by atoms with Gasteiger partial charge in [0.25, 0.3) is 0 Å². The first-order chi connectivity index (χ1) is 4.25. The van der Waals surface area contributed by atoms with Crippen LogP contribution in [0, 0.1) is 25.2 Å². The molecule has 1 aromatic heterocycles. The van der Waals surface area contributed by atoms with Gasteiger partial charge in [-0.1, -0.05) is 0 Å². The molecule has 0 fully saturated rings. The minimum Gasteiger partial charge on any atom is -0.353 e. The van der Waals surface area contributed by atoms with E-state index in [4.69, 9.17) is 5.26 Å². The maximum atomic E-state index is 8.45. The second-order valence-electron chi connectivity index (χ2n) is 2.08. The molecule has 0 spiro atoms. The van der Waals surface area contributed by atoms with Crippen LogP contribution in [0.3, 0.4) is 0 Å². The summed E-state index contributed by atoms with van der Waals surface area (Å²) in [7, 11) is 0. The molecule has 0 aliphatic heterocycles. The number of nitrogens with zero attached hydrogens (tertiary/aromatic N) is 1. The average Bonchev–Trinajstić information content (AvgIpc) is 2.15. The lowest BCUT2D eigenvalue weighted by molar-refractivity contribution is 1.30. The average molecular weight is 120 g/mol. The van der Waals surface area contributed by atoms with Crippen LogP contribution in [-0.2, 0) is 0 Å². The molecule has 0 radical (unpaired) electrons. The third-order valence-electron chi connectivity index (χ3n) is 1.51. The zero-order valence-electron chi connectivity index (χ0n) is 5.52. The van der Waals surface area contributed by atoms with Gasteiger partial charge in [0.1, 0.15) is 11.8 Å². The maximum absolute atomic E-state index is 8.45. The highest BCUT2D eigenvalue weighted by atomic mass is 14.7. The highest BCUT2D eigenvalue weighted by molar-refractivity contribution is 5.36. The van der Waals surface area contributed by atoms with Crippen molar-refractivity contribution in [3.63, 3.8) is 0 Å². The van der Waals surface area contributed by atoms with Crippen molar-refractivity contribution in [3.8, 4) is 6.07 Å². The van der Waals surface area contributed by atoms with Crippen molar-refractivity contribution < 1.29 is 0 Å². The Balaban J connectivity index is 3.24. The molecule has 46 valence electrons. The number of H-pyrrole nitrogens is 1. The zero-order valence-corrected chi connectivity index (χ0v) is 5.52. The zero-order chi connectivity index (χ0) is 6.85. The number of aryl methyl sites for hydroxylation is 1. The molecule has 0 bridgehead atoms. The van der Waals surface area contributed by atoms with E-state index >= 15 is 0 Å². The van der Waals surface area contributed by atoms with Crippen LogP contribution in [0.15, 0.2) is 6.20 Å². The number of aromatic amines is 1. The predicted molar refractivity (Wildman–Crippen MR) is 35.0 cm³/mol. The van der Waals surface area contributed by atoms with Gasteiger partial charge in [-0.2, -0.15) is 5.26 Å². The standard InChI is InChI=1S/C7H8N2/c1-5-4-9-7(3-8)6(5)2/h4,9H,1-2H3. The fraction of sp³-hybridized carbons (Fsp3) is 0.286. The van der Waals surface area contributed by atoms with Crippen molar-refractivity contribution in [3.05, 3.63) is 23.0 Å². The molecule has 1 aromatic rings. The van der Waals surface area contributed by atoms with Gasteiger partial charge >= 0.3 is 0 Å². The minimum absolute atomic E-state index is 0.674. The van der Waals surface area contributed by atoms with Crippen LogP contribution >= 0.6 is 0 Å². The Hall–Kier alpha value is -1.23. The van der Waals surface area contributed by atoms with Gasteiger partial charge in [0, 0.05) is 6.20 Å². The summed E-state index contributed by atoms with van der Waals surface area (Å²) in [6.07, 6.45) is 1.84. The molecule has 1 heterocycles. The second kappa shape index (κ2) is 1.94. The summed E-state index contributed by atoms with van der Waals surface area (Å²) in [5.41, 5.74) is 2.87. The molecule has 9 heavy (non-hydrogen) atoms. The number of rotatable bonds is 0.